The molecular weight excluding hydrogens is 410 g/mol. The lowest BCUT2D eigenvalue weighted by Gasteiger charge is -2.33. The number of hydrogen-bond donors (Lipinski definition) is 0. The first kappa shape index (κ1) is 22.1. The highest BCUT2D eigenvalue weighted by Crippen LogP contribution is 2.31. The first-order chi connectivity index (χ1) is 14.2. The number of carbonyl (C=O) groups excluding carboxylic acids is 2. The van der Waals surface area contributed by atoms with Crippen LogP contribution in [0.5, 0.6) is 5.75 Å². The van der Waals surface area contributed by atoms with Crippen molar-refractivity contribution in [3.8, 4) is 5.75 Å². The molecule has 1 aliphatic rings. The fourth-order valence-corrected chi connectivity index (χ4v) is 3.72. The lowest BCUT2D eigenvalue weighted by molar-refractivity contribution is -0.140. The molecule has 0 spiro atoms. The Kier molecular flexibility index (Phi) is 6.67. The zero-order valence-electron chi connectivity index (χ0n) is 17.7. The number of likely N-dealkylation sites (N-methyl/N-ethyl adjacent to an activating group) is 2. The van der Waals surface area contributed by atoms with Gasteiger partial charge in [0.2, 0.25) is 11.8 Å². The number of fused-ring (bicyclic) bond motifs is 1. The minimum atomic E-state index is -0.587. The number of nitrogens with zero attached hydrogens (tertiary/aromatic N) is 3. The molecule has 162 valence electrons. The van der Waals surface area contributed by atoms with Crippen molar-refractivity contribution in [2.75, 3.05) is 53.9 Å². The van der Waals surface area contributed by atoms with Gasteiger partial charge in [0.25, 0.3) is 0 Å². The van der Waals surface area contributed by atoms with Crippen molar-refractivity contribution in [1.29, 1.82) is 0 Å². The van der Waals surface area contributed by atoms with Gasteiger partial charge in [0.1, 0.15) is 11.3 Å². The number of hydrogen-bond acceptors (Lipinski definition) is 6. The fourth-order valence-electron chi connectivity index (χ4n) is 3.48. The van der Waals surface area contributed by atoms with Gasteiger partial charge in [0.15, 0.2) is 0 Å². The van der Waals surface area contributed by atoms with Crippen LogP contribution in [0, 0.1) is 6.92 Å². The Morgan fingerprint density at radius 2 is 1.90 bits per heavy atom. The van der Waals surface area contributed by atoms with E-state index >= 15 is 0 Å². The van der Waals surface area contributed by atoms with Gasteiger partial charge in [0.05, 0.1) is 30.7 Å². The summed E-state index contributed by atoms with van der Waals surface area (Å²) in [5.74, 6) is -0.0235. The third-order valence-electron chi connectivity index (χ3n) is 5.54. The Hall–Kier alpha value is -2.58. The van der Waals surface area contributed by atoms with Gasteiger partial charge in [-0.05, 0) is 25.6 Å². The maximum Gasteiger partial charge on any atom is 0.340 e. The van der Waals surface area contributed by atoms with Crippen LogP contribution >= 0.6 is 11.6 Å². The van der Waals surface area contributed by atoms with Crippen LogP contribution in [0.15, 0.2) is 21.3 Å². The van der Waals surface area contributed by atoms with Crippen LogP contribution < -0.4 is 10.4 Å². The summed E-state index contributed by atoms with van der Waals surface area (Å²) in [7, 11) is 5.05. The van der Waals surface area contributed by atoms with E-state index in [4.69, 9.17) is 20.8 Å². The summed E-state index contributed by atoms with van der Waals surface area (Å²) in [6, 6.07) is 3.21. The van der Waals surface area contributed by atoms with Gasteiger partial charge < -0.3 is 23.9 Å². The molecule has 1 aromatic heterocycles. The van der Waals surface area contributed by atoms with E-state index in [9.17, 15) is 14.4 Å². The van der Waals surface area contributed by atoms with E-state index in [1.807, 2.05) is 7.05 Å². The molecule has 1 fully saturated rings. The number of piperazine rings is 1. The van der Waals surface area contributed by atoms with Crippen molar-refractivity contribution in [3.05, 3.63) is 38.7 Å². The molecule has 1 aromatic carbocycles. The molecule has 0 aliphatic carbocycles. The third-order valence-corrected chi connectivity index (χ3v) is 5.84. The second-order valence-electron chi connectivity index (χ2n) is 7.59. The lowest BCUT2D eigenvalue weighted by Crippen LogP contribution is -2.50. The first-order valence-corrected chi connectivity index (χ1v) is 10.1. The normalized spacial score (nSPS) is 14.8. The summed E-state index contributed by atoms with van der Waals surface area (Å²) in [6.45, 7) is 4.65. The van der Waals surface area contributed by atoms with Gasteiger partial charge in [-0.15, -0.1) is 0 Å². The number of benzene rings is 1. The summed E-state index contributed by atoms with van der Waals surface area (Å²) in [6.07, 6.45) is -0.153. The van der Waals surface area contributed by atoms with Crippen LogP contribution in [0.3, 0.4) is 0 Å². The minimum absolute atomic E-state index is 0.0243. The Morgan fingerprint density at radius 1 is 1.23 bits per heavy atom. The largest absolute Gasteiger partial charge is 0.495 e. The van der Waals surface area contributed by atoms with Crippen LogP contribution in [0.4, 0.5) is 0 Å². The van der Waals surface area contributed by atoms with E-state index in [2.05, 4.69) is 4.90 Å². The predicted molar refractivity (Wildman–Crippen MR) is 114 cm³/mol. The third kappa shape index (κ3) is 4.60. The van der Waals surface area contributed by atoms with Gasteiger partial charge >= 0.3 is 5.63 Å². The topological polar surface area (TPSA) is 83.3 Å². The summed E-state index contributed by atoms with van der Waals surface area (Å²) in [4.78, 5) is 43.0. The van der Waals surface area contributed by atoms with Crippen molar-refractivity contribution in [2.45, 2.75) is 13.3 Å². The van der Waals surface area contributed by atoms with Crippen molar-refractivity contribution in [2.24, 2.45) is 0 Å². The molecule has 2 aromatic rings. The zero-order chi connectivity index (χ0) is 22.0. The second-order valence-corrected chi connectivity index (χ2v) is 7.99. The number of carbonyl (C=O) groups is 2. The molecule has 2 amide bonds. The summed E-state index contributed by atoms with van der Waals surface area (Å²) in [5, 5.41) is 1.02. The Balaban J connectivity index is 1.75. The molecule has 0 N–H and O–H groups in total. The summed E-state index contributed by atoms with van der Waals surface area (Å²) in [5.41, 5.74) is 0.635. The quantitative estimate of drug-likeness (QED) is 0.662. The van der Waals surface area contributed by atoms with Gasteiger partial charge in [0, 0.05) is 44.7 Å². The predicted octanol–water partition coefficient (Wildman–Crippen LogP) is 1.54. The average molecular weight is 436 g/mol. The van der Waals surface area contributed by atoms with E-state index in [-0.39, 0.29) is 30.3 Å². The molecule has 0 saturated carbocycles. The van der Waals surface area contributed by atoms with Crippen molar-refractivity contribution < 1.29 is 18.7 Å². The molecule has 8 nitrogen and oxygen atoms in total. The molecule has 3 rings (SSSR count). The maximum atomic E-state index is 12.7. The molecular formula is C21H26ClN3O5. The average Bonchev–Trinajstić information content (AvgIpc) is 2.71. The molecule has 30 heavy (non-hydrogen) atoms. The van der Waals surface area contributed by atoms with E-state index in [1.165, 1.54) is 12.0 Å². The summed E-state index contributed by atoms with van der Waals surface area (Å²) >= 11 is 6.20. The number of aryl methyl sites for hydroxylation is 1. The maximum absolute atomic E-state index is 12.7. The van der Waals surface area contributed by atoms with Crippen LogP contribution in [-0.2, 0) is 16.0 Å². The standard InChI is InChI=1S/C21H26ClN3O5/c1-13-14-9-16(22)18(29-4)11-17(14)30-21(28)15(13)10-19(26)24(3)12-20(27)25-7-5-23(2)6-8-25/h9,11H,5-8,10,12H2,1-4H3. The monoisotopic (exact) mass is 435 g/mol. The Morgan fingerprint density at radius 3 is 2.53 bits per heavy atom. The first-order valence-electron chi connectivity index (χ1n) is 9.71. The fraction of sp³-hybridized carbons (Fsp3) is 0.476. The molecule has 0 unspecified atom stereocenters. The molecule has 0 radical (unpaired) electrons. The van der Waals surface area contributed by atoms with Gasteiger partial charge in [-0.1, -0.05) is 11.6 Å². The molecule has 2 heterocycles. The minimum Gasteiger partial charge on any atom is -0.495 e. The number of methoxy groups -OCH3 is 1. The lowest BCUT2D eigenvalue weighted by atomic mass is 10.0. The Labute approximate surface area is 179 Å². The van der Waals surface area contributed by atoms with Crippen LogP contribution in [0.25, 0.3) is 11.0 Å². The number of halogens is 1. The van der Waals surface area contributed by atoms with Gasteiger partial charge in [-0.3, -0.25) is 9.59 Å². The van der Waals surface area contributed by atoms with Crippen molar-refractivity contribution >= 4 is 34.4 Å². The van der Waals surface area contributed by atoms with E-state index in [1.54, 1.807) is 31.0 Å². The van der Waals surface area contributed by atoms with Crippen LogP contribution in [0.1, 0.15) is 11.1 Å². The molecule has 9 heteroatoms. The van der Waals surface area contributed by atoms with E-state index < -0.39 is 5.63 Å². The zero-order valence-corrected chi connectivity index (χ0v) is 18.4. The summed E-state index contributed by atoms with van der Waals surface area (Å²) < 4.78 is 10.6. The SMILES string of the molecule is COc1cc2oc(=O)c(CC(=O)N(C)CC(=O)N3CCN(C)CC3)c(C)c2cc1Cl. The second kappa shape index (κ2) is 9.06. The van der Waals surface area contributed by atoms with Gasteiger partial charge in [-0.25, -0.2) is 4.79 Å². The van der Waals surface area contributed by atoms with Crippen molar-refractivity contribution in [1.82, 2.24) is 14.7 Å². The highest BCUT2D eigenvalue weighted by atomic mass is 35.5. The van der Waals surface area contributed by atoms with E-state index in [0.29, 0.717) is 40.4 Å². The Bertz CT molecular complexity index is 1030. The van der Waals surface area contributed by atoms with E-state index in [0.717, 1.165) is 13.1 Å². The van der Waals surface area contributed by atoms with Crippen molar-refractivity contribution in [3.63, 3.8) is 0 Å². The molecule has 1 aliphatic heterocycles. The smallest absolute Gasteiger partial charge is 0.340 e. The molecule has 1 saturated heterocycles. The number of amides is 2. The molecule has 0 atom stereocenters. The van der Waals surface area contributed by atoms with Crippen LogP contribution in [-0.4, -0.2) is 80.4 Å². The number of ether oxygens (including phenoxy) is 1. The van der Waals surface area contributed by atoms with Gasteiger partial charge in [-0.2, -0.15) is 0 Å². The van der Waals surface area contributed by atoms with Crippen LogP contribution in [0.2, 0.25) is 5.02 Å². The highest BCUT2D eigenvalue weighted by Gasteiger charge is 2.23. The molecule has 0 bridgehead atoms. The highest BCUT2D eigenvalue weighted by molar-refractivity contribution is 6.32. The number of rotatable bonds is 5.